The topological polar surface area (TPSA) is 38.8 Å². The molecule has 0 amide bonds. The first-order valence-electron chi connectivity index (χ1n) is 7.13. The Bertz CT molecular complexity index is 469. The molecule has 1 atom stereocenters. The zero-order valence-electron chi connectivity index (χ0n) is 12.5. The van der Waals surface area contributed by atoms with Gasteiger partial charge < -0.3 is 9.47 Å². The van der Waals surface area contributed by atoms with Gasteiger partial charge in [0, 0.05) is 18.7 Å². The van der Waals surface area contributed by atoms with Gasteiger partial charge in [-0.05, 0) is 25.5 Å². The summed E-state index contributed by atoms with van der Waals surface area (Å²) < 4.78 is 10.6. The molecule has 1 fully saturated rings. The van der Waals surface area contributed by atoms with Crippen molar-refractivity contribution < 1.29 is 14.3 Å². The smallest absolute Gasteiger partial charge is 0.182 e. The highest BCUT2D eigenvalue weighted by Gasteiger charge is 2.38. The third kappa shape index (κ3) is 2.86. The Hall–Kier alpha value is -1.39. The summed E-state index contributed by atoms with van der Waals surface area (Å²) in [6.45, 7) is 7.09. The van der Waals surface area contributed by atoms with Gasteiger partial charge in [0.1, 0.15) is 5.75 Å². The van der Waals surface area contributed by atoms with E-state index in [2.05, 4.69) is 11.8 Å². The molecular weight excluding hydrogens is 254 g/mol. The van der Waals surface area contributed by atoms with Crippen LogP contribution in [0.5, 0.6) is 5.75 Å². The highest BCUT2D eigenvalue weighted by molar-refractivity contribution is 6.03. The molecule has 2 rings (SSSR count). The Kier molecular flexibility index (Phi) is 4.78. The summed E-state index contributed by atoms with van der Waals surface area (Å²) in [5.74, 6) is 0.872. The van der Waals surface area contributed by atoms with Gasteiger partial charge in [-0.3, -0.25) is 9.69 Å². The van der Waals surface area contributed by atoms with E-state index in [-0.39, 0.29) is 5.78 Å². The van der Waals surface area contributed by atoms with Crippen molar-refractivity contribution >= 4 is 5.78 Å². The van der Waals surface area contributed by atoms with Crippen molar-refractivity contribution in [3.8, 4) is 5.75 Å². The van der Waals surface area contributed by atoms with Crippen LogP contribution in [-0.2, 0) is 4.74 Å². The summed E-state index contributed by atoms with van der Waals surface area (Å²) in [5, 5.41) is 0. The van der Waals surface area contributed by atoms with Crippen LogP contribution >= 0.6 is 0 Å². The number of hydrogen-bond acceptors (Lipinski definition) is 4. The summed E-state index contributed by atoms with van der Waals surface area (Å²) in [6.07, 6.45) is 0.781. The van der Waals surface area contributed by atoms with Crippen molar-refractivity contribution in [2.24, 2.45) is 0 Å². The summed E-state index contributed by atoms with van der Waals surface area (Å²) in [4.78, 5) is 15.2. The number of morpholine rings is 1. The van der Waals surface area contributed by atoms with Crippen LogP contribution < -0.4 is 4.74 Å². The first-order valence-corrected chi connectivity index (χ1v) is 7.13. The average Bonchev–Trinajstić information content (AvgIpc) is 2.54. The van der Waals surface area contributed by atoms with Crippen LogP contribution in [0.1, 0.15) is 30.6 Å². The summed E-state index contributed by atoms with van der Waals surface area (Å²) in [5.41, 5.74) is 0.232. The second-order valence-corrected chi connectivity index (χ2v) is 5.29. The van der Waals surface area contributed by atoms with Crippen LogP contribution in [0, 0.1) is 0 Å². The Morgan fingerprint density at radius 3 is 2.70 bits per heavy atom. The van der Waals surface area contributed by atoms with Gasteiger partial charge in [0.2, 0.25) is 0 Å². The van der Waals surface area contributed by atoms with Gasteiger partial charge in [-0.1, -0.05) is 19.1 Å². The molecule has 4 heteroatoms. The van der Waals surface area contributed by atoms with Crippen molar-refractivity contribution in [2.45, 2.75) is 25.8 Å². The fourth-order valence-electron chi connectivity index (χ4n) is 2.66. The number of methoxy groups -OCH3 is 1. The third-order valence-corrected chi connectivity index (χ3v) is 4.22. The minimum absolute atomic E-state index is 0.154. The highest BCUT2D eigenvalue weighted by Crippen LogP contribution is 2.27. The second kappa shape index (κ2) is 6.37. The van der Waals surface area contributed by atoms with Crippen molar-refractivity contribution in [3.05, 3.63) is 29.8 Å². The molecule has 0 bridgehead atoms. The third-order valence-electron chi connectivity index (χ3n) is 4.22. The highest BCUT2D eigenvalue weighted by atomic mass is 16.5. The lowest BCUT2D eigenvalue weighted by Crippen LogP contribution is -2.56. The van der Waals surface area contributed by atoms with E-state index in [1.807, 2.05) is 31.2 Å². The van der Waals surface area contributed by atoms with E-state index in [1.54, 1.807) is 7.11 Å². The molecule has 1 heterocycles. The van der Waals surface area contributed by atoms with E-state index in [1.165, 1.54) is 0 Å². The normalized spacial score (nSPS) is 19.4. The molecular formula is C16H23NO3. The van der Waals surface area contributed by atoms with Gasteiger partial charge >= 0.3 is 0 Å². The van der Waals surface area contributed by atoms with Gasteiger partial charge in [-0.2, -0.15) is 0 Å². The first-order chi connectivity index (χ1) is 9.61. The van der Waals surface area contributed by atoms with Crippen LogP contribution in [0.3, 0.4) is 0 Å². The van der Waals surface area contributed by atoms with Crippen molar-refractivity contribution in [1.82, 2.24) is 4.90 Å². The number of ketones is 1. The fourth-order valence-corrected chi connectivity index (χ4v) is 2.66. The molecule has 20 heavy (non-hydrogen) atoms. The van der Waals surface area contributed by atoms with Gasteiger partial charge in [-0.25, -0.2) is 0 Å². The van der Waals surface area contributed by atoms with Crippen LogP contribution in [0.4, 0.5) is 0 Å². The van der Waals surface area contributed by atoms with Gasteiger partial charge in [0.15, 0.2) is 5.78 Å². The summed E-state index contributed by atoms with van der Waals surface area (Å²) >= 11 is 0. The largest absolute Gasteiger partial charge is 0.497 e. The maximum absolute atomic E-state index is 12.9. The lowest BCUT2D eigenvalue weighted by atomic mass is 9.86. The fraction of sp³-hybridized carbons (Fsp3) is 0.562. The zero-order valence-corrected chi connectivity index (χ0v) is 12.5. The van der Waals surface area contributed by atoms with E-state index < -0.39 is 5.54 Å². The number of rotatable bonds is 5. The Labute approximate surface area is 120 Å². The molecule has 0 radical (unpaired) electrons. The number of Topliss-reactive ketones (excluding diaryl/α,β-unsaturated/α-hetero) is 1. The SMILES string of the molecule is CCC(C)(C(=O)c1cccc(OC)c1)N1CCOCC1. The van der Waals surface area contributed by atoms with Crippen LogP contribution in [0.15, 0.2) is 24.3 Å². The quantitative estimate of drug-likeness (QED) is 0.775. The van der Waals surface area contributed by atoms with Crippen molar-refractivity contribution in [2.75, 3.05) is 33.4 Å². The number of carbonyl (C=O) groups is 1. The molecule has 0 saturated carbocycles. The van der Waals surface area contributed by atoms with E-state index in [0.29, 0.717) is 18.8 Å². The van der Waals surface area contributed by atoms with E-state index >= 15 is 0 Å². The minimum Gasteiger partial charge on any atom is -0.497 e. The second-order valence-electron chi connectivity index (χ2n) is 5.29. The Morgan fingerprint density at radius 2 is 2.10 bits per heavy atom. The molecule has 1 aliphatic rings. The molecule has 0 spiro atoms. The predicted octanol–water partition coefficient (Wildman–Crippen LogP) is 2.38. The molecule has 1 aromatic rings. The van der Waals surface area contributed by atoms with Crippen LogP contribution in [0.2, 0.25) is 0 Å². The molecule has 1 unspecified atom stereocenters. The lowest BCUT2D eigenvalue weighted by molar-refractivity contribution is -0.0106. The molecule has 1 aromatic carbocycles. The first kappa shape index (κ1) is 15.0. The maximum atomic E-state index is 12.9. The van der Waals surface area contributed by atoms with Gasteiger partial charge in [-0.15, -0.1) is 0 Å². The number of carbonyl (C=O) groups excluding carboxylic acids is 1. The number of nitrogens with zero attached hydrogens (tertiary/aromatic N) is 1. The number of benzene rings is 1. The van der Waals surface area contributed by atoms with Gasteiger partial charge in [0.25, 0.3) is 0 Å². The molecule has 1 aliphatic heterocycles. The number of ether oxygens (including phenoxy) is 2. The zero-order chi connectivity index (χ0) is 14.6. The van der Waals surface area contributed by atoms with Crippen molar-refractivity contribution in [3.63, 3.8) is 0 Å². The van der Waals surface area contributed by atoms with E-state index in [0.717, 1.165) is 25.3 Å². The van der Waals surface area contributed by atoms with Crippen LogP contribution in [0.25, 0.3) is 0 Å². The standard InChI is InChI=1S/C16H23NO3/c1-4-16(2,17-8-10-20-11-9-17)15(18)13-6-5-7-14(12-13)19-3/h5-7,12H,4,8-11H2,1-3H3. The molecule has 110 valence electrons. The predicted molar refractivity (Wildman–Crippen MR) is 78.4 cm³/mol. The summed E-state index contributed by atoms with van der Waals surface area (Å²) in [7, 11) is 1.62. The van der Waals surface area contributed by atoms with Crippen LogP contribution in [-0.4, -0.2) is 49.6 Å². The summed E-state index contributed by atoms with van der Waals surface area (Å²) in [6, 6.07) is 7.40. The molecule has 0 aliphatic carbocycles. The Balaban J connectivity index is 2.26. The molecule has 4 nitrogen and oxygen atoms in total. The minimum atomic E-state index is -0.476. The van der Waals surface area contributed by atoms with Crippen molar-refractivity contribution in [1.29, 1.82) is 0 Å². The van der Waals surface area contributed by atoms with Gasteiger partial charge in [0.05, 0.1) is 25.9 Å². The molecule has 0 aromatic heterocycles. The monoisotopic (exact) mass is 277 g/mol. The average molecular weight is 277 g/mol. The number of hydrogen-bond donors (Lipinski definition) is 0. The molecule has 0 N–H and O–H groups in total. The maximum Gasteiger partial charge on any atom is 0.182 e. The molecule has 1 saturated heterocycles. The lowest BCUT2D eigenvalue weighted by Gasteiger charge is -2.41. The van der Waals surface area contributed by atoms with E-state index in [9.17, 15) is 4.79 Å². The Morgan fingerprint density at radius 1 is 1.40 bits per heavy atom. The van der Waals surface area contributed by atoms with E-state index in [4.69, 9.17) is 9.47 Å².